The number of hydrogen-bond donors (Lipinski definition) is 1. The van der Waals surface area contributed by atoms with Crippen LogP contribution in [0.3, 0.4) is 0 Å². The summed E-state index contributed by atoms with van der Waals surface area (Å²) in [5.41, 5.74) is 2.11. The molecule has 1 aliphatic rings. The summed E-state index contributed by atoms with van der Waals surface area (Å²) in [6.45, 7) is 5.70. The molecule has 2 rings (SSSR count). The number of fused-ring (bicyclic) bond motifs is 1. The fourth-order valence-electron chi connectivity index (χ4n) is 2.24. The standard InChI is InChI=1S/C11H18N2O/c1-8(2)9-3-4-11-10(6-14)12-7-13(11)5-9/h7-9,14H,3-6H2,1-2H3. The molecule has 2 heterocycles. The molecule has 3 heteroatoms. The van der Waals surface area contributed by atoms with E-state index in [-0.39, 0.29) is 6.61 Å². The van der Waals surface area contributed by atoms with Gasteiger partial charge < -0.3 is 9.67 Å². The molecule has 1 atom stereocenters. The van der Waals surface area contributed by atoms with Gasteiger partial charge in [0, 0.05) is 12.2 Å². The van der Waals surface area contributed by atoms with Crippen LogP contribution in [0.15, 0.2) is 6.33 Å². The van der Waals surface area contributed by atoms with Gasteiger partial charge in [-0.25, -0.2) is 4.98 Å². The van der Waals surface area contributed by atoms with E-state index in [4.69, 9.17) is 5.11 Å². The second-order valence-corrected chi connectivity index (χ2v) is 4.49. The highest BCUT2D eigenvalue weighted by atomic mass is 16.3. The highest BCUT2D eigenvalue weighted by Gasteiger charge is 2.23. The zero-order valence-electron chi connectivity index (χ0n) is 8.90. The molecule has 78 valence electrons. The summed E-state index contributed by atoms with van der Waals surface area (Å²) in [4.78, 5) is 4.22. The first-order chi connectivity index (χ1) is 6.72. The van der Waals surface area contributed by atoms with E-state index >= 15 is 0 Å². The Morgan fingerprint density at radius 1 is 1.64 bits per heavy atom. The third-order valence-corrected chi connectivity index (χ3v) is 3.31. The van der Waals surface area contributed by atoms with Crippen LogP contribution < -0.4 is 0 Å². The molecule has 3 nitrogen and oxygen atoms in total. The van der Waals surface area contributed by atoms with Crippen molar-refractivity contribution in [3.8, 4) is 0 Å². The van der Waals surface area contributed by atoms with Crippen LogP contribution in [0.4, 0.5) is 0 Å². The molecule has 0 radical (unpaired) electrons. The smallest absolute Gasteiger partial charge is 0.0952 e. The average Bonchev–Trinajstić information content (AvgIpc) is 2.59. The number of aliphatic hydroxyl groups excluding tert-OH is 1. The molecule has 0 saturated carbocycles. The lowest BCUT2D eigenvalue weighted by atomic mass is 9.88. The van der Waals surface area contributed by atoms with Crippen molar-refractivity contribution in [2.45, 2.75) is 39.8 Å². The largest absolute Gasteiger partial charge is 0.390 e. The third-order valence-electron chi connectivity index (χ3n) is 3.31. The lowest BCUT2D eigenvalue weighted by molar-refractivity contribution is 0.264. The Labute approximate surface area is 84.8 Å². The maximum absolute atomic E-state index is 9.08. The molecule has 0 aromatic carbocycles. The first kappa shape index (κ1) is 9.71. The molecule has 0 fully saturated rings. The zero-order chi connectivity index (χ0) is 10.1. The minimum absolute atomic E-state index is 0.0781. The van der Waals surface area contributed by atoms with Crippen molar-refractivity contribution in [1.29, 1.82) is 0 Å². The number of nitrogens with zero attached hydrogens (tertiary/aromatic N) is 2. The molecular weight excluding hydrogens is 176 g/mol. The van der Waals surface area contributed by atoms with E-state index in [1.54, 1.807) is 0 Å². The zero-order valence-corrected chi connectivity index (χ0v) is 8.90. The molecule has 1 N–H and O–H groups in total. The van der Waals surface area contributed by atoms with Gasteiger partial charge in [-0.15, -0.1) is 0 Å². The first-order valence-electron chi connectivity index (χ1n) is 5.36. The minimum atomic E-state index is 0.0781. The molecule has 1 unspecified atom stereocenters. The van der Waals surface area contributed by atoms with Crippen LogP contribution in [0.1, 0.15) is 31.7 Å². The molecule has 0 spiro atoms. The molecule has 0 amide bonds. The van der Waals surface area contributed by atoms with Crippen molar-refractivity contribution in [2.75, 3.05) is 0 Å². The van der Waals surface area contributed by atoms with Crippen molar-refractivity contribution < 1.29 is 5.11 Å². The Morgan fingerprint density at radius 2 is 2.43 bits per heavy atom. The summed E-state index contributed by atoms with van der Waals surface area (Å²) in [5, 5.41) is 9.08. The number of hydrogen-bond acceptors (Lipinski definition) is 2. The molecule has 0 bridgehead atoms. The predicted octanol–water partition coefficient (Wildman–Crippen LogP) is 1.59. The third kappa shape index (κ3) is 1.57. The summed E-state index contributed by atoms with van der Waals surface area (Å²) < 4.78 is 2.21. The summed E-state index contributed by atoms with van der Waals surface area (Å²) in [6.07, 6.45) is 4.17. The van der Waals surface area contributed by atoms with Crippen LogP contribution in [-0.4, -0.2) is 14.7 Å². The van der Waals surface area contributed by atoms with E-state index in [1.165, 1.54) is 12.1 Å². The monoisotopic (exact) mass is 194 g/mol. The van der Waals surface area contributed by atoms with Crippen molar-refractivity contribution in [3.05, 3.63) is 17.7 Å². The Balaban J connectivity index is 2.20. The van der Waals surface area contributed by atoms with Gasteiger partial charge in [-0.1, -0.05) is 13.8 Å². The van der Waals surface area contributed by atoms with Crippen molar-refractivity contribution in [1.82, 2.24) is 9.55 Å². The fourth-order valence-corrected chi connectivity index (χ4v) is 2.24. The quantitative estimate of drug-likeness (QED) is 0.776. The number of imidazole rings is 1. The van der Waals surface area contributed by atoms with Crippen molar-refractivity contribution in [3.63, 3.8) is 0 Å². The summed E-state index contributed by atoms with van der Waals surface area (Å²) >= 11 is 0. The van der Waals surface area contributed by atoms with Crippen LogP contribution in [-0.2, 0) is 19.6 Å². The van der Waals surface area contributed by atoms with E-state index in [0.717, 1.165) is 30.5 Å². The Morgan fingerprint density at radius 3 is 3.07 bits per heavy atom. The summed E-state index contributed by atoms with van der Waals surface area (Å²) in [6, 6.07) is 0. The SMILES string of the molecule is CC(C)C1CCc2c(CO)ncn2C1. The van der Waals surface area contributed by atoms with Gasteiger partial charge in [0.2, 0.25) is 0 Å². The summed E-state index contributed by atoms with van der Waals surface area (Å²) in [7, 11) is 0. The molecule has 1 aromatic rings. The second-order valence-electron chi connectivity index (χ2n) is 4.49. The van der Waals surface area contributed by atoms with Crippen LogP contribution >= 0.6 is 0 Å². The Kier molecular flexibility index (Phi) is 2.59. The highest BCUT2D eigenvalue weighted by Crippen LogP contribution is 2.27. The lowest BCUT2D eigenvalue weighted by Gasteiger charge is -2.27. The topological polar surface area (TPSA) is 38.1 Å². The molecule has 1 aliphatic heterocycles. The summed E-state index contributed by atoms with van der Waals surface area (Å²) in [5.74, 6) is 1.51. The van der Waals surface area contributed by atoms with Gasteiger partial charge in [0.25, 0.3) is 0 Å². The molecular formula is C11H18N2O. The van der Waals surface area contributed by atoms with Crippen molar-refractivity contribution >= 4 is 0 Å². The highest BCUT2D eigenvalue weighted by molar-refractivity contribution is 5.14. The average molecular weight is 194 g/mol. The van der Waals surface area contributed by atoms with Gasteiger partial charge in [0.05, 0.1) is 18.6 Å². The van der Waals surface area contributed by atoms with Crippen LogP contribution in [0.25, 0.3) is 0 Å². The Hall–Kier alpha value is -0.830. The van der Waals surface area contributed by atoms with Gasteiger partial charge in [-0.3, -0.25) is 0 Å². The van der Waals surface area contributed by atoms with Gasteiger partial charge >= 0.3 is 0 Å². The van der Waals surface area contributed by atoms with Crippen molar-refractivity contribution in [2.24, 2.45) is 11.8 Å². The van der Waals surface area contributed by atoms with Gasteiger partial charge in [-0.05, 0) is 24.7 Å². The normalized spacial score (nSPS) is 21.3. The fraction of sp³-hybridized carbons (Fsp3) is 0.727. The number of rotatable bonds is 2. The van der Waals surface area contributed by atoms with Crippen LogP contribution in [0.2, 0.25) is 0 Å². The first-order valence-corrected chi connectivity index (χ1v) is 5.36. The molecule has 0 saturated heterocycles. The van der Waals surface area contributed by atoms with E-state index < -0.39 is 0 Å². The van der Waals surface area contributed by atoms with Crippen LogP contribution in [0.5, 0.6) is 0 Å². The van der Waals surface area contributed by atoms with Gasteiger partial charge in [0.15, 0.2) is 0 Å². The van der Waals surface area contributed by atoms with E-state index in [9.17, 15) is 0 Å². The lowest BCUT2D eigenvalue weighted by Crippen LogP contribution is -2.23. The maximum Gasteiger partial charge on any atom is 0.0952 e. The molecule has 1 aromatic heterocycles. The molecule has 0 aliphatic carbocycles. The van der Waals surface area contributed by atoms with Gasteiger partial charge in [0.1, 0.15) is 0 Å². The van der Waals surface area contributed by atoms with Gasteiger partial charge in [-0.2, -0.15) is 0 Å². The van der Waals surface area contributed by atoms with Crippen LogP contribution in [0, 0.1) is 11.8 Å². The van der Waals surface area contributed by atoms with E-state index in [1.807, 2.05) is 6.33 Å². The minimum Gasteiger partial charge on any atom is -0.390 e. The van der Waals surface area contributed by atoms with E-state index in [2.05, 4.69) is 23.4 Å². The molecule has 14 heavy (non-hydrogen) atoms. The maximum atomic E-state index is 9.08. The Bertz CT molecular complexity index is 317. The predicted molar refractivity (Wildman–Crippen MR) is 54.8 cm³/mol. The number of aliphatic hydroxyl groups is 1. The number of aromatic nitrogens is 2. The second kappa shape index (κ2) is 3.73. The van der Waals surface area contributed by atoms with E-state index in [0.29, 0.717) is 0 Å².